The molecule has 0 rings (SSSR count). The molecule has 0 fully saturated rings. The van der Waals surface area contributed by atoms with Crippen LogP contribution in [0.25, 0.3) is 0 Å². The van der Waals surface area contributed by atoms with Gasteiger partial charge in [0.15, 0.2) is 0 Å². The number of methoxy groups -OCH3 is 1. The van der Waals surface area contributed by atoms with Gasteiger partial charge >= 0.3 is 0 Å². The Bertz CT molecular complexity index is 131. The van der Waals surface area contributed by atoms with Crippen molar-refractivity contribution in [1.29, 1.82) is 0 Å². The highest BCUT2D eigenvalue weighted by atomic mass is 16.5. The second-order valence-electron chi connectivity index (χ2n) is 4.11. The minimum Gasteiger partial charge on any atom is -0.385 e. The fourth-order valence-corrected chi connectivity index (χ4v) is 1.22. The molecule has 0 amide bonds. The molecule has 0 bridgehead atoms. The van der Waals surface area contributed by atoms with Crippen molar-refractivity contribution in [2.24, 2.45) is 5.73 Å². The van der Waals surface area contributed by atoms with Gasteiger partial charge in [-0.1, -0.05) is 0 Å². The average Bonchev–Trinajstić information content (AvgIpc) is 2.11. The maximum atomic E-state index is 5.93. The van der Waals surface area contributed by atoms with Gasteiger partial charge in [0.2, 0.25) is 0 Å². The van der Waals surface area contributed by atoms with E-state index in [1.54, 1.807) is 7.11 Å². The van der Waals surface area contributed by atoms with Crippen LogP contribution in [-0.2, 0) is 4.74 Å². The monoisotopic (exact) mass is 203 g/mol. The third-order valence-electron chi connectivity index (χ3n) is 2.17. The Morgan fingerprint density at radius 2 is 1.86 bits per heavy atom. The minimum absolute atomic E-state index is 0.224. The Morgan fingerprint density at radius 1 is 1.21 bits per heavy atom. The molecule has 0 aromatic carbocycles. The zero-order valence-corrected chi connectivity index (χ0v) is 9.99. The number of hydrogen-bond donors (Lipinski definition) is 1. The fourth-order valence-electron chi connectivity index (χ4n) is 1.22. The van der Waals surface area contributed by atoms with Crippen LogP contribution in [0.1, 0.15) is 6.42 Å². The van der Waals surface area contributed by atoms with Gasteiger partial charge in [-0.25, -0.2) is 0 Å². The molecule has 0 aliphatic rings. The van der Waals surface area contributed by atoms with E-state index >= 15 is 0 Å². The second kappa shape index (κ2) is 8.17. The molecule has 4 heteroatoms. The summed E-state index contributed by atoms with van der Waals surface area (Å²) in [5.41, 5.74) is 5.93. The molecule has 14 heavy (non-hydrogen) atoms. The molecule has 0 saturated heterocycles. The molecule has 2 N–H and O–H groups in total. The lowest BCUT2D eigenvalue weighted by Gasteiger charge is -2.22. The first-order valence-corrected chi connectivity index (χ1v) is 5.14. The molecular formula is C10H25N3O. The lowest BCUT2D eigenvalue weighted by Crippen LogP contribution is -2.38. The van der Waals surface area contributed by atoms with Crippen LogP contribution in [0.3, 0.4) is 0 Å². The highest BCUT2D eigenvalue weighted by molar-refractivity contribution is 4.66. The summed E-state index contributed by atoms with van der Waals surface area (Å²) in [5.74, 6) is 0. The van der Waals surface area contributed by atoms with Crippen molar-refractivity contribution in [1.82, 2.24) is 9.80 Å². The highest BCUT2D eigenvalue weighted by Crippen LogP contribution is 1.93. The molecule has 0 radical (unpaired) electrons. The normalized spacial score (nSPS) is 13.9. The average molecular weight is 203 g/mol. The van der Waals surface area contributed by atoms with E-state index in [-0.39, 0.29) is 6.04 Å². The first kappa shape index (κ1) is 13.8. The SMILES string of the molecule is COCCC(N)CN(C)CCN(C)C. The summed E-state index contributed by atoms with van der Waals surface area (Å²) < 4.78 is 4.99. The summed E-state index contributed by atoms with van der Waals surface area (Å²) in [6.45, 7) is 3.83. The lowest BCUT2D eigenvalue weighted by molar-refractivity contribution is 0.178. The van der Waals surface area contributed by atoms with E-state index in [0.29, 0.717) is 0 Å². The molecule has 0 aliphatic carbocycles. The van der Waals surface area contributed by atoms with Crippen LogP contribution >= 0.6 is 0 Å². The van der Waals surface area contributed by atoms with Crippen molar-refractivity contribution in [3.8, 4) is 0 Å². The van der Waals surface area contributed by atoms with Crippen molar-refractivity contribution in [3.05, 3.63) is 0 Å². The van der Waals surface area contributed by atoms with Gasteiger partial charge in [0.25, 0.3) is 0 Å². The predicted molar refractivity (Wildman–Crippen MR) is 60.5 cm³/mol. The maximum absolute atomic E-state index is 5.93. The van der Waals surface area contributed by atoms with E-state index in [2.05, 4.69) is 30.9 Å². The molecule has 0 heterocycles. The summed E-state index contributed by atoms with van der Waals surface area (Å²) in [7, 11) is 7.98. The molecule has 4 nitrogen and oxygen atoms in total. The Kier molecular flexibility index (Phi) is 8.08. The van der Waals surface area contributed by atoms with Gasteiger partial charge in [-0.15, -0.1) is 0 Å². The van der Waals surface area contributed by atoms with Gasteiger partial charge in [0, 0.05) is 39.4 Å². The van der Waals surface area contributed by atoms with E-state index in [0.717, 1.165) is 32.7 Å². The third-order valence-corrected chi connectivity index (χ3v) is 2.17. The molecule has 86 valence electrons. The van der Waals surface area contributed by atoms with E-state index in [1.807, 2.05) is 0 Å². The van der Waals surface area contributed by atoms with Crippen LogP contribution in [0.4, 0.5) is 0 Å². The number of nitrogens with two attached hydrogens (primary N) is 1. The molecule has 0 aromatic heterocycles. The zero-order valence-electron chi connectivity index (χ0n) is 9.99. The van der Waals surface area contributed by atoms with Gasteiger partial charge in [-0.05, 0) is 27.6 Å². The van der Waals surface area contributed by atoms with Gasteiger partial charge in [-0.3, -0.25) is 0 Å². The fraction of sp³-hybridized carbons (Fsp3) is 1.00. The van der Waals surface area contributed by atoms with Crippen LogP contribution in [0.2, 0.25) is 0 Å². The van der Waals surface area contributed by atoms with Crippen LogP contribution in [0, 0.1) is 0 Å². The molecular weight excluding hydrogens is 178 g/mol. The first-order valence-electron chi connectivity index (χ1n) is 5.14. The second-order valence-corrected chi connectivity index (χ2v) is 4.11. The number of likely N-dealkylation sites (N-methyl/N-ethyl adjacent to an activating group) is 2. The van der Waals surface area contributed by atoms with E-state index in [4.69, 9.17) is 10.5 Å². The Balaban J connectivity index is 3.44. The number of ether oxygens (including phenoxy) is 1. The van der Waals surface area contributed by atoms with Crippen LogP contribution in [0.5, 0.6) is 0 Å². The largest absolute Gasteiger partial charge is 0.385 e. The quantitative estimate of drug-likeness (QED) is 0.595. The standard InChI is InChI=1S/C10H25N3O/c1-12(2)6-7-13(3)9-10(11)5-8-14-4/h10H,5-9,11H2,1-4H3. The number of nitrogens with zero attached hydrogens (tertiary/aromatic N) is 2. The van der Waals surface area contributed by atoms with E-state index in [1.165, 1.54) is 0 Å². The van der Waals surface area contributed by atoms with Crippen LogP contribution < -0.4 is 5.73 Å². The van der Waals surface area contributed by atoms with Crippen molar-refractivity contribution in [3.63, 3.8) is 0 Å². The third kappa shape index (κ3) is 8.44. The summed E-state index contributed by atoms with van der Waals surface area (Å²) in [6, 6.07) is 0.224. The van der Waals surface area contributed by atoms with Crippen LogP contribution in [-0.4, -0.2) is 70.3 Å². The Labute approximate surface area is 88.0 Å². The predicted octanol–water partition coefficient (Wildman–Crippen LogP) is -0.156. The summed E-state index contributed by atoms with van der Waals surface area (Å²) in [5, 5.41) is 0. The molecule has 0 aliphatic heterocycles. The Hall–Kier alpha value is -0.160. The lowest BCUT2D eigenvalue weighted by atomic mass is 10.2. The summed E-state index contributed by atoms with van der Waals surface area (Å²) >= 11 is 0. The van der Waals surface area contributed by atoms with Crippen molar-refractivity contribution in [2.75, 3.05) is 54.5 Å². The van der Waals surface area contributed by atoms with Gasteiger partial charge < -0.3 is 20.3 Å². The zero-order chi connectivity index (χ0) is 11.0. The molecule has 0 spiro atoms. The van der Waals surface area contributed by atoms with Crippen LogP contribution in [0.15, 0.2) is 0 Å². The molecule has 1 unspecified atom stereocenters. The van der Waals surface area contributed by atoms with Gasteiger partial charge in [-0.2, -0.15) is 0 Å². The summed E-state index contributed by atoms with van der Waals surface area (Å²) in [4.78, 5) is 4.44. The number of rotatable bonds is 8. The molecule has 1 atom stereocenters. The summed E-state index contributed by atoms with van der Waals surface area (Å²) in [6.07, 6.45) is 0.933. The van der Waals surface area contributed by atoms with Gasteiger partial charge in [0.05, 0.1) is 0 Å². The van der Waals surface area contributed by atoms with Crippen molar-refractivity contribution >= 4 is 0 Å². The topological polar surface area (TPSA) is 41.7 Å². The molecule has 0 aromatic rings. The maximum Gasteiger partial charge on any atom is 0.0477 e. The minimum atomic E-state index is 0.224. The molecule has 0 saturated carbocycles. The first-order chi connectivity index (χ1) is 6.56. The Morgan fingerprint density at radius 3 is 2.36 bits per heavy atom. The number of hydrogen-bond acceptors (Lipinski definition) is 4. The van der Waals surface area contributed by atoms with E-state index in [9.17, 15) is 0 Å². The van der Waals surface area contributed by atoms with Gasteiger partial charge in [0.1, 0.15) is 0 Å². The van der Waals surface area contributed by atoms with E-state index < -0.39 is 0 Å². The van der Waals surface area contributed by atoms with Crippen molar-refractivity contribution in [2.45, 2.75) is 12.5 Å². The van der Waals surface area contributed by atoms with Crippen molar-refractivity contribution < 1.29 is 4.74 Å². The smallest absolute Gasteiger partial charge is 0.0477 e. The highest BCUT2D eigenvalue weighted by Gasteiger charge is 2.06.